The number of benzene rings is 1. The maximum atomic E-state index is 12.0. The molecule has 0 unspecified atom stereocenters. The van der Waals surface area contributed by atoms with Gasteiger partial charge in [0.25, 0.3) is 0 Å². The highest BCUT2D eigenvalue weighted by atomic mass is 16.5. The van der Waals surface area contributed by atoms with Crippen LogP contribution in [0.5, 0.6) is 0 Å². The standard InChI is InChI=1S/C15H22N2O4/c1-11(18)17-14(10-21-3)15(19)16-8-12-4-6-13(7-5-12)9-20-2/h4-7,14H,8-10H2,1-3H3,(H,16,19)(H,17,18)/p+1/t14-/m1/s1. The number of hydrogen-bond donors (Lipinski definition) is 2. The van der Waals surface area contributed by atoms with Crippen LogP contribution < -0.4 is 10.6 Å². The van der Waals surface area contributed by atoms with Crippen molar-refractivity contribution in [3.05, 3.63) is 35.4 Å². The zero-order chi connectivity index (χ0) is 15.7. The van der Waals surface area contributed by atoms with Crippen molar-refractivity contribution in [2.75, 3.05) is 20.8 Å². The van der Waals surface area contributed by atoms with Gasteiger partial charge in [-0.15, -0.1) is 0 Å². The van der Waals surface area contributed by atoms with Gasteiger partial charge >= 0.3 is 5.91 Å². The van der Waals surface area contributed by atoms with Crippen LogP contribution in [-0.4, -0.2) is 38.7 Å². The number of hydrogen-bond acceptors (Lipinski definition) is 4. The number of amides is 2. The lowest BCUT2D eigenvalue weighted by Gasteiger charge is -2.13. The molecule has 0 fully saturated rings. The Bertz CT molecular complexity index is 459. The predicted octanol–water partition coefficient (Wildman–Crippen LogP) is -0.426. The van der Waals surface area contributed by atoms with Crippen LogP contribution in [-0.2, 0) is 32.2 Å². The van der Waals surface area contributed by atoms with E-state index in [1.165, 1.54) is 14.0 Å². The molecule has 0 saturated heterocycles. The van der Waals surface area contributed by atoms with Gasteiger partial charge in [0.1, 0.15) is 6.54 Å². The quantitative estimate of drug-likeness (QED) is 0.682. The third-order valence-corrected chi connectivity index (χ3v) is 2.93. The number of methoxy groups -OCH3 is 2. The normalized spacial score (nSPS) is 12.0. The van der Waals surface area contributed by atoms with E-state index in [4.69, 9.17) is 9.47 Å². The van der Waals surface area contributed by atoms with Crippen LogP contribution in [0.4, 0.5) is 0 Å². The number of nitrogens with two attached hydrogens (primary N) is 1. The van der Waals surface area contributed by atoms with Crippen LogP contribution in [0.3, 0.4) is 0 Å². The monoisotopic (exact) mass is 295 g/mol. The molecule has 1 aromatic rings. The molecule has 0 aliphatic carbocycles. The second-order valence-electron chi connectivity index (χ2n) is 4.77. The lowest BCUT2D eigenvalue weighted by atomic mass is 10.1. The summed E-state index contributed by atoms with van der Waals surface area (Å²) >= 11 is 0. The first kappa shape index (κ1) is 17.3. The van der Waals surface area contributed by atoms with Crippen LogP contribution in [0.1, 0.15) is 18.1 Å². The second kappa shape index (κ2) is 9.23. The smallest absolute Gasteiger partial charge is 0.335 e. The van der Waals surface area contributed by atoms with Gasteiger partial charge in [-0.05, 0) is 5.56 Å². The van der Waals surface area contributed by atoms with Crippen molar-refractivity contribution >= 4 is 11.8 Å². The summed E-state index contributed by atoms with van der Waals surface area (Å²) in [5, 5.41) is 4.16. The molecule has 3 N–H and O–H groups in total. The molecule has 0 aliphatic heterocycles. The van der Waals surface area contributed by atoms with Gasteiger partial charge in [0, 0.05) is 26.7 Å². The van der Waals surface area contributed by atoms with E-state index >= 15 is 0 Å². The Labute approximate surface area is 124 Å². The molecule has 0 bridgehead atoms. The van der Waals surface area contributed by atoms with Crippen molar-refractivity contribution in [3.63, 3.8) is 0 Å². The van der Waals surface area contributed by atoms with E-state index in [1.54, 1.807) is 12.4 Å². The molecule has 1 rings (SSSR count). The van der Waals surface area contributed by atoms with E-state index in [1.807, 2.05) is 24.3 Å². The largest absolute Gasteiger partial charge is 0.382 e. The lowest BCUT2D eigenvalue weighted by Crippen LogP contribution is -2.90. The van der Waals surface area contributed by atoms with Crippen LogP contribution in [0.2, 0.25) is 0 Å². The van der Waals surface area contributed by atoms with Crippen molar-refractivity contribution in [1.29, 1.82) is 0 Å². The number of nitrogens with one attached hydrogen (secondary N) is 1. The van der Waals surface area contributed by atoms with Gasteiger partial charge < -0.3 is 14.8 Å². The highest BCUT2D eigenvalue weighted by Crippen LogP contribution is 2.04. The van der Waals surface area contributed by atoms with Crippen LogP contribution in [0, 0.1) is 0 Å². The number of rotatable bonds is 8. The SMILES string of the molecule is COCc1ccc(C[NH2+]C(=O)[C@@H](COC)NC(C)=O)cc1. The van der Waals surface area contributed by atoms with Gasteiger partial charge in [0.15, 0.2) is 6.04 Å². The molecule has 6 nitrogen and oxygen atoms in total. The number of ether oxygens (including phenoxy) is 2. The minimum atomic E-state index is -0.625. The van der Waals surface area contributed by atoms with Crippen LogP contribution >= 0.6 is 0 Å². The summed E-state index contributed by atoms with van der Waals surface area (Å²) < 4.78 is 10.00. The molecule has 0 radical (unpaired) electrons. The van der Waals surface area contributed by atoms with Crippen molar-refractivity contribution in [2.45, 2.75) is 26.1 Å². The number of carbonyl (C=O) groups excluding carboxylic acids is 2. The topological polar surface area (TPSA) is 81.2 Å². The fourth-order valence-electron chi connectivity index (χ4n) is 1.91. The van der Waals surface area contributed by atoms with Gasteiger partial charge in [0.2, 0.25) is 5.91 Å². The van der Waals surface area contributed by atoms with E-state index in [9.17, 15) is 9.59 Å². The average molecular weight is 295 g/mol. The van der Waals surface area contributed by atoms with Gasteiger partial charge in [-0.1, -0.05) is 24.3 Å². The summed E-state index contributed by atoms with van der Waals surface area (Å²) in [6.45, 7) is 2.64. The molecule has 0 saturated carbocycles. The van der Waals surface area contributed by atoms with E-state index in [0.717, 1.165) is 11.1 Å². The Morgan fingerprint density at radius 2 is 1.76 bits per heavy atom. The first-order chi connectivity index (χ1) is 10.1. The van der Waals surface area contributed by atoms with E-state index in [-0.39, 0.29) is 18.4 Å². The third-order valence-electron chi connectivity index (χ3n) is 2.93. The Morgan fingerprint density at radius 3 is 2.29 bits per heavy atom. The van der Waals surface area contributed by atoms with Crippen molar-refractivity contribution in [1.82, 2.24) is 5.32 Å². The van der Waals surface area contributed by atoms with Crippen LogP contribution in [0.25, 0.3) is 0 Å². The lowest BCUT2D eigenvalue weighted by molar-refractivity contribution is -0.586. The first-order valence-corrected chi connectivity index (χ1v) is 6.76. The average Bonchev–Trinajstić information content (AvgIpc) is 2.45. The number of quaternary nitrogens is 1. The molecule has 0 heterocycles. The van der Waals surface area contributed by atoms with Gasteiger partial charge in [-0.25, -0.2) is 4.79 Å². The van der Waals surface area contributed by atoms with Crippen molar-refractivity contribution < 1.29 is 24.4 Å². The maximum absolute atomic E-state index is 12.0. The molecule has 1 aromatic carbocycles. The van der Waals surface area contributed by atoms with E-state index in [2.05, 4.69) is 5.32 Å². The minimum Gasteiger partial charge on any atom is -0.382 e. The maximum Gasteiger partial charge on any atom is 0.335 e. The van der Waals surface area contributed by atoms with Crippen molar-refractivity contribution in [2.24, 2.45) is 0 Å². The predicted molar refractivity (Wildman–Crippen MR) is 77.3 cm³/mol. The second-order valence-corrected chi connectivity index (χ2v) is 4.77. The fraction of sp³-hybridized carbons (Fsp3) is 0.467. The Balaban J connectivity index is 2.51. The molecule has 0 aromatic heterocycles. The number of carbonyl (C=O) groups is 2. The number of primary amides is 1. The summed E-state index contributed by atoms with van der Waals surface area (Å²) in [7, 11) is 3.15. The Kier molecular flexibility index (Phi) is 7.60. The minimum absolute atomic E-state index is 0.145. The third kappa shape index (κ3) is 6.48. The highest BCUT2D eigenvalue weighted by molar-refractivity contribution is 5.81. The summed E-state index contributed by atoms with van der Waals surface area (Å²) in [4.78, 5) is 23.1. The molecule has 0 aliphatic rings. The molecule has 1 atom stereocenters. The van der Waals surface area contributed by atoms with Crippen molar-refractivity contribution in [3.8, 4) is 0 Å². The molecule has 21 heavy (non-hydrogen) atoms. The zero-order valence-corrected chi connectivity index (χ0v) is 12.7. The van der Waals surface area contributed by atoms with Gasteiger partial charge in [0.05, 0.1) is 13.2 Å². The van der Waals surface area contributed by atoms with Gasteiger partial charge in [-0.3, -0.25) is 10.1 Å². The van der Waals surface area contributed by atoms with E-state index in [0.29, 0.717) is 13.2 Å². The Hall–Kier alpha value is -1.76. The van der Waals surface area contributed by atoms with E-state index < -0.39 is 6.04 Å². The molecular formula is C15H23N2O4+. The highest BCUT2D eigenvalue weighted by Gasteiger charge is 2.22. The van der Waals surface area contributed by atoms with Crippen LogP contribution in [0.15, 0.2) is 24.3 Å². The molecular weight excluding hydrogens is 272 g/mol. The Morgan fingerprint density at radius 1 is 1.14 bits per heavy atom. The van der Waals surface area contributed by atoms with Gasteiger partial charge in [-0.2, -0.15) is 0 Å². The molecule has 0 spiro atoms. The zero-order valence-electron chi connectivity index (χ0n) is 12.7. The molecule has 116 valence electrons. The first-order valence-electron chi connectivity index (χ1n) is 6.76. The summed E-state index contributed by atoms with van der Waals surface area (Å²) in [5.74, 6) is -0.393. The molecule has 2 amide bonds. The molecule has 6 heteroatoms. The summed E-state index contributed by atoms with van der Waals surface area (Å²) in [6.07, 6.45) is 0. The summed E-state index contributed by atoms with van der Waals surface area (Å²) in [6, 6.07) is 7.24. The summed E-state index contributed by atoms with van der Waals surface area (Å²) in [5.41, 5.74) is 2.12. The fourth-order valence-corrected chi connectivity index (χ4v) is 1.91.